The second-order valence-corrected chi connectivity index (χ2v) is 6.95. The fraction of sp³-hybridized carbons (Fsp3) is 0.600. The molecular weight excluding hydrogens is 167 g/mol. The SMILES string of the molecule is C#CC1CC(C#C)CP(C)(=O)C1. The van der Waals surface area contributed by atoms with Crippen molar-refractivity contribution >= 4 is 7.14 Å². The molecule has 0 saturated carbocycles. The molecule has 0 aromatic heterocycles. The topological polar surface area (TPSA) is 17.1 Å². The van der Waals surface area contributed by atoms with E-state index in [1.807, 2.05) is 0 Å². The van der Waals surface area contributed by atoms with Crippen LogP contribution >= 0.6 is 7.14 Å². The van der Waals surface area contributed by atoms with Gasteiger partial charge in [0.2, 0.25) is 0 Å². The van der Waals surface area contributed by atoms with Gasteiger partial charge in [0.15, 0.2) is 0 Å². The highest BCUT2D eigenvalue weighted by atomic mass is 31.2. The van der Waals surface area contributed by atoms with E-state index >= 15 is 0 Å². The van der Waals surface area contributed by atoms with Crippen LogP contribution in [0.15, 0.2) is 0 Å². The lowest BCUT2D eigenvalue weighted by Crippen LogP contribution is -2.21. The van der Waals surface area contributed by atoms with Gasteiger partial charge >= 0.3 is 0 Å². The van der Waals surface area contributed by atoms with E-state index in [0.29, 0.717) is 12.3 Å². The van der Waals surface area contributed by atoms with Crippen molar-refractivity contribution in [2.24, 2.45) is 11.8 Å². The fourth-order valence-corrected chi connectivity index (χ4v) is 4.26. The van der Waals surface area contributed by atoms with E-state index in [4.69, 9.17) is 12.8 Å². The molecule has 1 fully saturated rings. The Kier molecular flexibility index (Phi) is 2.66. The zero-order valence-electron chi connectivity index (χ0n) is 7.29. The monoisotopic (exact) mass is 180 g/mol. The van der Waals surface area contributed by atoms with E-state index < -0.39 is 7.14 Å². The fourth-order valence-electron chi connectivity index (χ4n) is 1.74. The van der Waals surface area contributed by atoms with Crippen LogP contribution < -0.4 is 0 Å². The maximum Gasteiger partial charge on any atom is 0.0872 e. The Labute approximate surface area is 74.3 Å². The van der Waals surface area contributed by atoms with Gasteiger partial charge in [-0.15, -0.1) is 24.7 Å². The maximum atomic E-state index is 11.8. The van der Waals surface area contributed by atoms with E-state index in [2.05, 4.69) is 11.8 Å². The van der Waals surface area contributed by atoms with Crippen LogP contribution in [-0.2, 0) is 4.57 Å². The van der Waals surface area contributed by atoms with Gasteiger partial charge in [0.25, 0.3) is 0 Å². The van der Waals surface area contributed by atoms with E-state index in [0.717, 1.165) is 6.42 Å². The summed E-state index contributed by atoms with van der Waals surface area (Å²) >= 11 is 0. The van der Waals surface area contributed by atoms with Crippen molar-refractivity contribution < 1.29 is 4.57 Å². The molecule has 0 N–H and O–H groups in total. The summed E-state index contributed by atoms with van der Waals surface area (Å²) in [5, 5.41) is 0. The Morgan fingerprint density at radius 2 is 1.67 bits per heavy atom. The summed E-state index contributed by atoms with van der Waals surface area (Å²) in [6, 6.07) is 0. The van der Waals surface area contributed by atoms with Crippen LogP contribution in [0.1, 0.15) is 6.42 Å². The number of rotatable bonds is 0. The first-order valence-electron chi connectivity index (χ1n) is 4.05. The predicted octanol–water partition coefficient (Wildman–Crippen LogP) is 1.88. The van der Waals surface area contributed by atoms with Gasteiger partial charge in [0, 0.05) is 24.2 Å². The Bertz CT molecular complexity index is 266. The smallest absolute Gasteiger partial charge is 0.0872 e. The molecular formula is C10H13OP. The minimum atomic E-state index is -2.02. The first-order valence-corrected chi connectivity index (χ1v) is 6.57. The summed E-state index contributed by atoms with van der Waals surface area (Å²) in [7, 11) is -2.02. The van der Waals surface area contributed by atoms with Crippen molar-refractivity contribution in [2.45, 2.75) is 6.42 Å². The van der Waals surface area contributed by atoms with Crippen molar-refractivity contribution in [1.82, 2.24) is 0 Å². The second-order valence-electron chi connectivity index (χ2n) is 3.62. The molecule has 0 bridgehead atoms. The highest BCUT2D eigenvalue weighted by Crippen LogP contribution is 2.50. The molecule has 2 atom stereocenters. The molecule has 0 aliphatic carbocycles. The van der Waals surface area contributed by atoms with Crippen molar-refractivity contribution in [3.63, 3.8) is 0 Å². The quantitative estimate of drug-likeness (QED) is 0.411. The molecule has 2 unspecified atom stereocenters. The van der Waals surface area contributed by atoms with Gasteiger partial charge in [-0.1, -0.05) is 0 Å². The average Bonchev–Trinajstić information content (AvgIpc) is 2.01. The van der Waals surface area contributed by atoms with E-state index in [-0.39, 0.29) is 11.8 Å². The molecule has 1 saturated heterocycles. The number of hydrogen-bond acceptors (Lipinski definition) is 1. The molecule has 64 valence electrons. The molecule has 0 amide bonds. The molecule has 0 aromatic carbocycles. The summed E-state index contributed by atoms with van der Waals surface area (Å²) in [6.07, 6.45) is 12.8. The molecule has 1 nitrogen and oxygen atoms in total. The van der Waals surface area contributed by atoms with Gasteiger partial charge in [-0.25, -0.2) is 0 Å². The summed E-state index contributed by atoms with van der Waals surface area (Å²) in [5.74, 6) is 5.58. The molecule has 0 spiro atoms. The van der Waals surface area contributed by atoms with Crippen molar-refractivity contribution in [1.29, 1.82) is 0 Å². The third-order valence-electron chi connectivity index (χ3n) is 2.25. The standard InChI is InChI=1S/C10H13OP/c1-4-9-6-10(5-2)8-12(3,11)7-9/h1-2,9-10H,6-8H2,3H3. The highest BCUT2D eigenvalue weighted by Gasteiger charge is 2.31. The molecule has 0 aromatic rings. The van der Waals surface area contributed by atoms with Crippen molar-refractivity contribution in [3.05, 3.63) is 0 Å². The van der Waals surface area contributed by atoms with Gasteiger partial charge < -0.3 is 4.57 Å². The van der Waals surface area contributed by atoms with E-state index in [1.165, 1.54) is 0 Å². The number of hydrogen-bond donors (Lipinski definition) is 0. The van der Waals surface area contributed by atoms with Gasteiger partial charge in [-0.2, -0.15) is 0 Å². The third-order valence-corrected chi connectivity index (χ3v) is 4.68. The van der Waals surface area contributed by atoms with Gasteiger partial charge in [0.1, 0.15) is 0 Å². The third kappa shape index (κ3) is 2.17. The van der Waals surface area contributed by atoms with Crippen molar-refractivity contribution in [3.8, 4) is 24.7 Å². The lowest BCUT2D eigenvalue weighted by molar-refractivity contribution is 0.509. The largest absolute Gasteiger partial charge is 0.324 e. The second kappa shape index (κ2) is 3.38. The predicted molar refractivity (Wildman–Crippen MR) is 52.5 cm³/mol. The Morgan fingerprint density at radius 3 is 2.00 bits per heavy atom. The summed E-state index contributed by atoms with van der Waals surface area (Å²) in [6.45, 7) is 1.81. The van der Waals surface area contributed by atoms with Gasteiger partial charge in [-0.05, 0) is 13.1 Å². The normalized spacial score (nSPS) is 41.2. The zero-order chi connectivity index (χ0) is 9.19. The summed E-state index contributed by atoms with van der Waals surface area (Å²) in [4.78, 5) is 0. The molecule has 2 heteroatoms. The number of terminal acetylenes is 2. The van der Waals surface area contributed by atoms with Crippen LogP contribution in [0.25, 0.3) is 0 Å². The first kappa shape index (κ1) is 9.44. The summed E-state index contributed by atoms with van der Waals surface area (Å²) < 4.78 is 11.8. The van der Waals surface area contributed by atoms with Crippen LogP contribution in [-0.4, -0.2) is 19.0 Å². The Hall–Kier alpha value is -0.650. The van der Waals surface area contributed by atoms with E-state index in [9.17, 15) is 4.57 Å². The molecule has 1 aliphatic heterocycles. The minimum absolute atomic E-state index is 0.135. The van der Waals surface area contributed by atoms with Crippen LogP contribution in [0, 0.1) is 36.5 Å². The Balaban J connectivity index is 2.75. The molecule has 1 aliphatic rings. The van der Waals surface area contributed by atoms with Crippen LogP contribution in [0.2, 0.25) is 0 Å². The van der Waals surface area contributed by atoms with Crippen molar-refractivity contribution in [2.75, 3.05) is 19.0 Å². The molecule has 0 radical (unpaired) electrons. The zero-order valence-corrected chi connectivity index (χ0v) is 8.18. The minimum Gasteiger partial charge on any atom is -0.324 e. The van der Waals surface area contributed by atoms with Crippen LogP contribution in [0.4, 0.5) is 0 Å². The first-order chi connectivity index (χ1) is 5.57. The van der Waals surface area contributed by atoms with Crippen LogP contribution in [0.3, 0.4) is 0 Å². The molecule has 12 heavy (non-hydrogen) atoms. The highest BCUT2D eigenvalue weighted by molar-refractivity contribution is 7.63. The summed E-state index contributed by atoms with van der Waals surface area (Å²) in [5.41, 5.74) is 0. The Morgan fingerprint density at radius 1 is 1.25 bits per heavy atom. The molecule has 1 heterocycles. The lowest BCUT2D eigenvalue weighted by atomic mass is 9.98. The van der Waals surface area contributed by atoms with Gasteiger partial charge in [-0.3, -0.25) is 0 Å². The van der Waals surface area contributed by atoms with Crippen LogP contribution in [0.5, 0.6) is 0 Å². The maximum absolute atomic E-state index is 11.8. The van der Waals surface area contributed by atoms with Gasteiger partial charge in [0.05, 0.1) is 7.14 Å². The average molecular weight is 180 g/mol. The van der Waals surface area contributed by atoms with E-state index in [1.54, 1.807) is 6.66 Å². The lowest BCUT2D eigenvalue weighted by Gasteiger charge is -2.27. The molecule has 1 rings (SSSR count).